The Morgan fingerprint density at radius 2 is 2.07 bits per heavy atom. The fraction of sp³-hybridized carbons (Fsp3) is 0.381. The van der Waals surface area contributed by atoms with Crippen LogP contribution in [0.1, 0.15) is 25.3 Å². The van der Waals surface area contributed by atoms with E-state index in [9.17, 15) is 14.4 Å². The van der Waals surface area contributed by atoms with Gasteiger partial charge in [-0.1, -0.05) is 25.5 Å². The summed E-state index contributed by atoms with van der Waals surface area (Å²) >= 11 is 0. The van der Waals surface area contributed by atoms with Crippen molar-refractivity contribution in [1.29, 1.82) is 0 Å². The molecule has 0 aliphatic rings. The second-order valence-corrected chi connectivity index (χ2v) is 6.59. The van der Waals surface area contributed by atoms with E-state index in [1.54, 1.807) is 31.4 Å². The van der Waals surface area contributed by atoms with Crippen molar-refractivity contribution in [2.45, 2.75) is 26.3 Å². The number of aromatic nitrogens is 2. The lowest BCUT2D eigenvalue weighted by atomic mass is 10.2. The summed E-state index contributed by atoms with van der Waals surface area (Å²) in [5, 5.41) is 0. The van der Waals surface area contributed by atoms with Crippen LogP contribution in [0.3, 0.4) is 0 Å². The van der Waals surface area contributed by atoms with Gasteiger partial charge < -0.3 is 15.2 Å². The summed E-state index contributed by atoms with van der Waals surface area (Å²) in [6.45, 7) is 2.60. The number of nitrogens with one attached hydrogen (secondary N) is 1. The zero-order valence-electron chi connectivity index (χ0n) is 17.5. The van der Waals surface area contributed by atoms with E-state index in [1.165, 1.54) is 22.7 Å². The maximum absolute atomic E-state index is 12.9. The first kappa shape index (κ1) is 23.0. The van der Waals surface area contributed by atoms with Gasteiger partial charge in [0.25, 0.3) is 11.5 Å². The van der Waals surface area contributed by atoms with Crippen LogP contribution in [0.5, 0.6) is 5.75 Å². The van der Waals surface area contributed by atoms with Crippen LogP contribution >= 0.6 is 0 Å². The molecule has 0 radical (unpaired) electrons. The molecule has 2 aromatic rings. The first-order chi connectivity index (χ1) is 14.4. The molecule has 0 atom stereocenters. The highest BCUT2D eigenvalue weighted by atomic mass is 16.5. The third-order valence-electron chi connectivity index (χ3n) is 4.52. The number of rotatable bonds is 10. The van der Waals surface area contributed by atoms with Crippen LogP contribution in [0.4, 0.5) is 11.5 Å². The Balaban J connectivity index is 2.43. The smallest absolute Gasteiger partial charge is 0.330 e. The third kappa shape index (κ3) is 5.60. The Bertz CT molecular complexity index is 1010. The maximum Gasteiger partial charge on any atom is 0.330 e. The van der Waals surface area contributed by atoms with Gasteiger partial charge in [-0.3, -0.25) is 24.0 Å². The number of hydrogen-bond donors (Lipinski definition) is 2. The van der Waals surface area contributed by atoms with Gasteiger partial charge in [0.2, 0.25) is 0 Å². The number of ether oxygens (including phenoxy) is 2. The molecule has 0 aliphatic carbocycles. The third-order valence-corrected chi connectivity index (χ3v) is 4.52. The first-order valence-electron chi connectivity index (χ1n) is 9.68. The van der Waals surface area contributed by atoms with Crippen LogP contribution in [-0.4, -0.2) is 42.8 Å². The normalized spacial score (nSPS) is 11.0. The van der Waals surface area contributed by atoms with Gasteiger partial charge in [-0.25, -0.2) is 4.79 Å². The van der Waals surface area contributed by atoms with Gasteiger partial charge in [0.15, 0.2) is 5.69 Å². The number of aromatic amines is 1. The van der Waals surface area contributed by atoms with Crippen molar-refractivity contribution in [2.24, 2.45) is 0 Å². The minimum atomic E-state index is -0.718. The van der Waals surface area contributed by atoms with E-state index in [0.29, 0.717) is 18.7 Å². The average molecular weight is 416 g/mol. The number of carbonyl (C=O) groups is 1. The molecule has 9 nitrogen and oxygen atoms in total. The second kappa shape index (κ2) is 11.0. The van der Waals surface area contributed by atoms with Gasteiger partial charge >= 0.3 is 5.69 Å². The van der Waals surface area contributed by atoms with Crippen LogP contribution in [0, 0.1) is 0 Å². The standard InChI is InChI=1S/C21H28N4O5/c1-4-5-11-25-19(22)18(20(27)23-21(25)28)24(12-13-29-2)17(26)10-9-15-7-6-8-16(14-15)30-3/h6-10,14H,4-5,11-13,22H2,1-3H3,(H,23,27,28)/b10-9+. The molecule has 0 unspecified atom stereocenters. The van der Waals surface area contributed by atoms with E-state index in [1.807, 2.05) is 13.0 Å². The van der Waals surface area contributed by atoms with E-state index >= 15 is 0 Å². The molecule has 0 spiro atoms. The zero-order chi connectivity index (χ0) is 22.1. The van der Waals surface area contributed by atoms with E-state index in [2.05, 4.69) is 4.98 Å². The summed E-state index contributed by atoms with van der Waals surface area (Å²) in [5.74, 6) is 0.147. The number of benzene rings is 1. The fourth-order valence-corrected chi connectivity index (χ4v) is 2.89. The summed E-state index contributed by atoms with van der Waals surface area (Å²) in [4.78, 5) is 41.1. The van der Waals surface area contributed by atoms with Gasteiger partial charge in [0, 0.05) is 26.3 Å². The maximum atomic E-state index is 12.9. The Labute approximate surface area is 174 Å². The Morgan fingerprint density at radius 1 is 1.30 bits per heavy atom. The van der Waals surface area contributed by atoms with Crippen molar-refractivity contribution >= 4 is 23.5 Å². The van der Waals surface area contributed by atoms with Crippen molar-refractivity contribution in [3.05, 3.63) is 56.7 Å². The number of H-pyrrole nitrogens is 1. The number of unbranched alkanes of at least 4 members (excludes halogenated alkanes) is 1. The highest BCUT2D eigenvalue weighted by molar-refractivity contribution is 6.05. The first-order valence-corrected chi connectivity index (χ1v) is 9.68. The van der Waals surface area contributed by atoms with E-state index in [4.69, 9.17) is 15.2 Å². The average Bonchev–Trinajstić information content (AvgIpc) is 2.74. The molecule has 3 N–H and O–H groups in total. The van der Waals surface area contributed by atoms with E-state index in [-0.39, 0.29) is 24.7 Å². The summed E-state index contributed by atoms with van der Waals surface area (Å²) < 4.78 is 11.5. The van der Waals surface area contributed by atoms with Crippen LogP contribution in [-0.2, 0) is 16.1 Å². The van der Waals surface area contributed by atoms with Crippen molar-refractivity contribution in [3.63, 3.8) is 0 Å². The number of amides is 1. The molecular weight excluding hydrogens is 388 g/mol. The van der Waals surface area contributed by atoms with Crippen LogP contribution in [0.2, 0.25) is 0 Å². The fourth-order valence-electron chi connectivity index (χ4n) is 2.89. The highest BCUT2D eigenvalue weighted by Crippen LogP contribution is 2.19. The molecule has 2 rings (SSSR count). The van der Waals surface area contributed by atoms with E-state index in [0.717, 1.165) is 12.0 Å². The minimum Gasteiger partial charge on any atom is -0.497 e. The van der Waals surface area contributed by atoms with Gasteiger partial charge in [0.05, 0.1) is 13.7 Å². The number of nitrogen functional groups attached to an aromatic ring is 1. The van der Waals surface area contributed by atoms with Gasteiger partial charge in [-0.05, 0) is 30.2 Å². The second-order valence-electron chi connectivity index (χ2n) is 6.59. The summed E-state index contributed by atoms with van der Waals surface area (Å²) in [6.07, 6.45) is 4.50. The summed E-state index contributed by atoms with van der Waals surface area (Å²) in [6, 6.07) is 7.19. The SMILES string of the molecule is CCCCn1c(N)c(N(CCOC)C(=O)/C=C/c2cccc(OC)c2)c(=O)[nH]c1=O. The molecule has 0 saturated carbocycles. The molecule has 0 bridgehead atoms. The number of nitrogens with zero attached hydrogens (tertiary/aromatic N) is 2. The van der Waals surface area contributed by atoms with E-state index < -0.39 is 17.2 Å². The molecule has 1 amide bonds. The predicted octanol–water partition coefficient (Wildman–Crippen LogP) is 1.62. The molecule has 9 heteroatoms. The number of methoxy groups -OCH3 is 2. The lowest BCUT2D eigenvalue weighted by Gasteiger charge is -2.23. The summed E-state index contributed by atoms with van der Waals surface area (Å²) in [5.41, 5.74) is 5.52. The largest absolute Gasteiger partial charge is 0.497 e. The van der Waals surface area contributed by atoms with Crippen molar-refractivity contribution < 1.29 is 14.3 Å². The summed E-state index contributed by atoms with van der Waals surface area (Å²) in [7, 11) is 3.05. The minimum absolute atomic E-state index is 0.0450. The predicted molar refractivity (Wildman–Crippen MR) is 117 cm³/mol. The number of carbonyl (C=O) groups excluding carboxylic acids is 1. The molecule has 0 saturated heterocycles. The highest BCUT2D eigenvalue weighted by Gasteiger charge is 2.22. The van der Waals surface area contributed by atoms with Crippen LogP contribution < -0.4 is 26.6 Å². The molecule has 30 heavy (non-hydrogen) atoms. The van der Waals surface area contributed by atoms with Gasteiger partial charge in [0.1, 0.15) is 11.6 Å². The van der Waals surface area contributed by atoms with Crippen molar-refractivity contribution in [3.8, 4) is 5.75 Å². The monoisotopic (exact) mass is 416 g/mol. The lowest BCUT2D eigenvalue weighted by Crippen LogP contribution is -2.42. The Morgan fingerprint density at radius 3 is 2.73 bits per heavy atom. The topological polar surface area (TPSA) is 120 Å². The van der Waals surface area contributed by atoms with Crippen LogP contribution in [0.25, 0.3) is 6.08 Å². The lowest BCUT2D eigenvalue weighted by molar-refractivity contribution is -0.114. The number of nitrogens with two attached hydrogens (primary N) is 1. The van der Waals surface area contributed by atoms with Crippen molar-refractivity contribution in [2.75, 3.05) is 38.0 Å². The number of hydrogen-bond acceptors (Lipinski definition) is 6. The molecule has 1 heterocycles. The molecule has 0 fully saturated rings. The van der Waals surface area contributed by atoms with Gasteiger partial charge in [-0.15, -0.1) is 0 Å². The van der Waals surface area contributed by atoms with Crippen molar-refractivity contribution in [1.82, 2.24) is 9.55 Å². The molecule has 0 aliphatic heterocycles. The Kier molecular flexibility index (Phi) is 8.42. The molecule has 162 valence electrons. The molecule has 1 aromatic carbocycles. The molecular formula is C21H28N4O5. The molecule has 1 aromatic heterocycles. The van der Waals surface area contributed by atoms with Crippen LogP contribution in [0.15, 0.2) is 39.9 Å². The quantitative estimate of drug-likeness (QED) is 0.568. The number of anilines is 2. The van der Waals surface area contributed by atoms with Gasteiger partial charge in [-0.2, -0.15) is 0 Å². The zero-order valence-corrected chi connectivity index (χ0v) is 17.5. The Hall–Kier alpha value is -3.33.